The van der Waals surface area contributed by atoms with E-state index < -0.39 is 6.67 Å². The van der Waals surface area contributed by atoms with Crippen LogP contribution in [-0.2, 0) is 12.6 Å². The monoisotopic (exact) mass is 195 g/mol. The second-order valence-corrected chi connectivity index (χ2v) is 2.15. The molecule has 0 aliphatic rings. The van der Waals surface area contributed by atoms with Gasteiger partial charge in [-0.25, -0.2) is 4.39 Å². The van der Waals surface area contributed by atoms with E-state index in [4.69, 9.17) is 11.6 Å². The molecule has 1 rings (SSSR count). The first-order chi connectivity index (χ1) is 4.86. The van der Waals surface area contributed by atoms with E-state index in [0.717, 1.165) is 5.69 Å². The lowest BCUT2D eigenvalue weighted by molar-refractivity contribution is 0.475. The first-order valence-electron chi connectivity index (χ1n) is 2.93. The first-order valence-corrected chi connectivity index (χ1v) is 3.47. The summed E-state index contributed by atoms with van der Waals surface area (Å²) < 4.78 is 11.9. The van der Waals surface area contributed by atoms with Crippen molar-refractivity contribution in [2.75, 3.05) is 0 Å². The predicted octanol–water partition coefficient (Wildman–Crippen LogP) is 2.71. The van der Waals surface area contributed by atoms with Gasteiger partial charge in [-0.15, -0.1) is 24.0 Å². The summed E-state index contributed by atoms with van der Waals surface area (Å²) in [5.74, 6) is 0.341. The highest BCUT2D eigenvalue weighted by atomic mass is 35.5. The van der Waals surface area contributed by atoms with Crippen LogP contribution in [0.4, 0.5) is 4.39 Å². The number of hydrogen-bond acceptors (Lipinski definition) is 1. The molecule has 0 amide bonds. The van der Waals surface area contributed by atoms with Crippen molar-refractivity contribution >= 4 is 24.0 Å². The van der Waals surface area contributed by atoms with Crippen molar-refractivity contribution in [3.8, 4) is 0 Å². The molecule has 0 aromatic carbocycles. The van der Waals surface area contributed by atoms with Crippen LogP contribution in [0.2, 0.25) is 0 Å². The maximum absolute atomic E-state index is 11.9. The fourth-order valence-corrected chi connectivity index (χ4v) is 0.827. The van der Waals surface area contributed by atoms with Gasteiger partial charge in [-0.05, 0) is 12.1 Å². The minimum absolute atomic E-state index is 0. The van der Waals surface area contributed by atoms with Crippen molar-refractivity contribution in [1.82, 2.24) is 4.98 Å². The van der Waals surface area contributed by atoms with Crippen LogP contribution >= 0.6 is 24.0 Å². The third kappa shape index (κ3) is 3.04. The Balaban J connectivity index is 0.000001000. The van der Waals surface area contributed by atoms with E-state index in [1.807, 2.05) is 0 Å². The molecular formula is C7H8Cl2FN. The normalized spacial score (nSPS) is 8.91. The third-order valence-corrected chi connectivity index (χ3v) is 1.41. The van der Waals surface area contributed by atoms with Gasteiger partial charge in [0.2, 0.25) is 0 Å². The average Bonchev–Trinajstić information content (AvgIpc) is 2.05. The maximum atomic E-state index is 11.9. The van der Waals surface area contributed by atoms with E-state index in [1.54, 1.807) is 18.2 Å². The van der Waals surface area contributed by atoms with Gasteiger partial charge in [0.15, 0.2) is 0 Å². The van der Waals surface area contributed by atoms with E-state index in [2.05, 4.69) is 4.98 Å². The molecule has 1 aromatic rings. The van der Waals surface area contributed by atoms with Gasteiger partial charge in [0.1, 0.15) is 6.67 Å². The van der Waals surface area contributed by atoms with Gasteiger partial charge in [-0.1, -0.05) is 6.07 Å². The van der Waals surface area contributed by atoms with Gasteiger partial charge in [0, 0.05) is 0 Å². The number of nitrogens with zero attached hydrogens (tertiary/aromatic N) is 1. The van der Waals surface area contributed by atoms with Gasteiger partial charge in [-0.2, -0.15) is 0 Å². The van der Waals surface area contributed by atoms with Crippen LogP contribution < -0.4 is 0 Å². The molecule has 0 saturated carbocycles. The molecule has 1 nitrogen and oxygen atoms in total. The predicted molar refractivity (Wildman–Crippen MR) is 45.9 cm³/mol. The number of pyridine rings is 1. The van der Waals surface area contributed by atoms with E-state index in [1.165, 1.54) is 0 Å². The van der Waals surface area contributed by atoms with Gasteiger partial charge >= 0.3 is 0 Å². The molecule has 62 valence electrons. The summed E-state index contributed by atoms with van der Waals surface area (Å²) in [6.45, 7) is -0.523. The van der Waals surface area contributed by atoms with Crippen molar-refractivity contribution < 1.29 is 4.39 Å². The Morgan fingerprint density at radius 1 is 1.36 bits per heavy atom. The zero-order valence-corrected chi connectivity index (χ0v) is 7.33. The summed E-state index contributed by atoms with van der Waals surface area (Å²) >= 11 is 5.47. The molecule has 0 aliphatic heterocycles. The number of halogens is 3. The third-order valence-electron chi connectivity index (χ3n) is 1.14. The Morgan fingerprint density at radius 2 is 2.00 bits per heavy atom. The van der Waals surface area contributed by atoms with Gasteiger partial charge in [0.05, 0.1) is 17.3 Å². The number of alkyl halides is 2. The molecule has 0 saturated heterocycles. The summed E-state index contributed by atoms with van der Waals surface area (Å²) in [6.07, 6.45) is 0. The highest BCUT2D eigenvalue weighted by Gasteiger charge is 1.93. The summed E-state index contributed by atoms with van der Waals surface area (Å²) in [5.41, 5.74) is 1.16. The molecule has 0 aliphatic carbocycles. The van der Waals surface area contributed by atoms with E-state index in [9.17, 15) is 4.39 Å². The Morgan fingerprint density at radius 3 is 2.55 bits per heavy atom. The van der Waals surface area contributed by atoms with E-state index in [0.29, 0.717) is 11.6 Å². The largest absolute Gasteiger partial charge is 0.254 e. The van der Waals surface area contributed by atoms with Crippen molar-refractivity contribution in [3.63, 3.8) is 0 Å². The van der Waals surface area contributed by atoms with E-state index in [-0.39, 0.29) is 12.4 Å². The van der Waals surface area contributed by atoms with Crippen molar-refractivity contribution in [2.45, 2.75) is 12.6 Å². The molecule has 0 bridgehead atoms. The van der Waals surface area contributed by atoms with E-state index >= 15 is 0 Å². The Hall–Kier alpha value is -0.340. The molecule has 0 fully saturated rings. The fourth-order valence-electron chi connectivity index (χ4n) is 0.678. The minimum atomic E-state index is -0.523. The summed E-state index contributed by atoms with van der Waals surface area (Å²) in [6, 6.07) is 5.15. The Kier molecular flexibility index (Phi) is 5.16. The SMILES string of the molecule is Cl.FCc1cccc(CCl)n1. The van der Waals surface area contributed by atoms with Crippen LogP contribution in [0.1, 0.15) is 11.4 Å². The molecule has 0 spiro atoms. The van der Waals surface area contributed by atoms with Gasteiger partial charge < -0.3 is 0 Å². The molecule has 1 aromatic heterocycles. The van der Waals surface area contributed by atoms with Crippen LogP contribution in [0.15, 0.2) is 18.2 Å². The maximum Gasteiger partial charge on any atom is 0.131 e. The fraction of sp³-hybridized carbons (Fsp3) is 0.286. The second kappa shape index (κ2) is 5.33. The van der Waals surface area contributed by atoms with Gasteiger partial charge in [-0.3, -0.25) is 4.98 Å². The topological polar surface area (TPSA) is 12.9 Å². The highest BCUT2D eigenvalue weighted by molar-refractivity contribution is 6.16. The van der Waals surface area contributed by atoms with Crippen LogP contribution in [0, 0.1) is 0 Å². The molecule has 1 heterocycles. The van der Waals surface area contributed by atoms with Crippen LogP contribution in [-0.4, -0.2) is 4.98 Å². The lowest BCUT2D eigenvalue weighted by atomic mass is 10.3. The van der Waals surface area contributed by atoms with Crippen LogP contribution in [0.3, 0.4) is 0 Å². The van der Waals surface area contributed by atoms with Crippen molar-refractivity contribution in [3.05, 3.63) is 29.6 Å². The zero-order valence-electron chi connectivity index (χ0n) is 5.76. The molecular weight excluding hydrogens is 188 g/mol. The average molecular weight is 196 g/mol. The Bertz CT molecular complexity index is 198. The number of aromatic nitrogens is 1. The number of rotatable bonds is 2. The summed E-state index contributed by atoms with van der Waals surface area (Å²) in [7, 11) is 0. The minimum Gasteiger partial charge on any atom is -0.254 e. The smallest absolute Gasteiger partial charge is 0.131 e. The first kappa shape index (κ1) is 10.7. The zero-order chi connectivity index (χ0) is 7.40. The summed E-state index contributed by atoms with van der Waals surface area (Å²) in [5, 5.41) is 0. The quantitative estimate of drug-likeness (QED) is 0.662. The van der Waals surface area contributed by atoms with Crippen LogP contribution in [0.25, 0.3) is 0 Å². The summed E-state index contributed by atoms with van der Waals surface area (Å²) in [4.78, 5) is 3.90. The van der Waals surface area contributed by atoms with Crippen LogP contribution in [0.5, 0.6) is 0 Å². The molecule has 0 atom stereocenters. The molecule has 0 N–H and O–H groups in total. The van der Waals surface area contributed by atoms with Crippen molar-refractivity contribution in [2.24, 2.45) is 0 Å². The molecule has 0 unspecified atom stereocenters. The lowest BCUT2D eigenvalue weighted by Crippen LogP contribution is -1.89. The van der Waals surface area contributed by atoms with Gasteiger partial charge in [0.25, 0.3) is 0 Å². The standard InChI is InChI=1S/C7H7ClFN.ClH/c8-4-6-2-1-3-7(5-9)10-6;/h1-3H,4-5H2;1H. The Labute approximate surface area is 76.0 Å². The van der Waals surface area contributed by atoms with Crippen molar-refractivity contribution in [1.29, 1.82) is 0 Å². The molecule has 0 radical (unpaired) electrons. The highest BCUT2D eigenvalue weighted by Crippen LogP contribution is 2.02. The lowest BCUT2D eigenvalue weighted by Gasteiger charge is -1.95. The second-order valence-electron chi connectivity index (χ2n) is 1.89. The number of hydrogen-bond donors (Lipinski definition) is 0. The molecule has 11 heavy (non-hydrogen) atoms. The molecule has 4 heteroatoms.